The van der Waals surface area contributed by atoms with Crippen molar-refractivity contribution < 1.29 is 23.9 Å². The number of H-pyrrole nitrogens is 1. The fraction of sp³-hybridized carbons (Fsp3) is 0.0625. The molecule has 0 aliphatic heterocycles. The minimum atomic E-state index is -1.19. The first kappa shape index (κ1) is 26.1. The van der Waals surface area contributed by atoms with E-state index in [2.05, 4.69) is 10.3 Å². The summed E-state index contributed by atoms with van der Waals surface area (Å²) in [6.45, 7) is 0. The largest absolute Gasteiger partial charge is 0.497 e. The zero-order chi connectivity index (χ0) is 28.1. The molecule has 0 aliphatic carbocycles. The molecule has 1 atom stereocenters. The van der Waals surface area contributed by atoms with Crippen LogP contribution in [-0.4, -0.2) is 29.8 Å². The van der Waals surface area contributed by atoms with Crippen LogP contribution >= 0.6 is 0 Å². The van der Waals surface area contributed by atoms with Crippen molar-refractivity contribution in [3.63, 3.8) is 0 Å². The number of aromatic nitrogens is 1. The van der Waals surface area contributed by atoms with Crippen molar-refractivity contribution >= 4 is 34.3 Å². The van der Waals surface area contributed by atoms with Crippen LogP contribution in [0.1, 0.15) is 42.7 Å². The molecule has 1 amide bonds. The molecular formula is C32H24N2O6. The van der Waals surface area contributed by atoms with Crippen molar-refractivity contribution in [2.45, 2.75) is 6.10 Å². The molecular weight excluding hydrogens is 508 g/mol. The second-order valence-corrected chi connectivity index (χ2v) is 8.92. The first-order valence-electron chi connectivity index (χ1n) is 12.4. The molecule has 5 aromatic rings. The Morgan fingerprint density at radius 3 is 2.25 bits per heavy atom. The smallest absolute Gasteiger partial charge is 0.339 e. The van der Waals surface area contributed by atoms with E-state index in [4.69, 9.17) is 9.47 Å². The molecule has 0 aliphatic rings. The Bertz CT molecular complexity index is 1760. The van der Waals surface area contributed by atoms with Gasteiger partial charge < -0.3 is 19.8 Å². The monoisotopic (exact) mass is 532 g/mol. The van der Waals surface area contributed by atoms with Gasteiger partial charge in [0, 0.05) is 33.8 Å². The minimum absolute atomic E-state index is 0.136. The predicted molar refractivity (Wildman–Crippen MR) is 151 cm³/mol. The van der Waals surface area contributed by atoms with Crippen molar-refractivity contribution in [3.05, 3.63) is 142 Å². The Morgan fingerprint density at radius 2 is 1.50 bits per heavy atom. The number of anilines is 1. The van der Waals surface area contributed by atoms with Crippen LogP contribution in [0.2, 0.25) is 0 Å². The molecule has 1 aromatic heterocycles. The van der Waals surface area contributed by atoms with E-state index in [0.29, 0.717) is 33.5 Å². The molecule has 8 heteroatoms. The number of carbonyl (C=O) groups is 3. The summed E-state index contributed by atoms with van der Waals surface area (Å²) in [4.78, 5) is 54.5. The van der Waals surface area contributed by atoms with Crippen LogP contribution in [0.3, 0.4) is 0 Å². The summed E-state index contributed by atoms with van der Waals surface area (Å²) in [6, 6.07) is 29.7. The van der Waals surface area contributed by atoms with Gasteiger partial charge in [0.15, 0.2) is 6.10 Å². The molecule has 2 N–H and O–H groups in total. The van der Waals surface area contributed by atoms with Crippen LogP contribution in [0.15, 0.2) is 114 Å². The Hall–Kier alpha value is -5.50. The third-order valence-electron chi connectivity index (χ3n) is 6.29. The number of hydrogen-bond acceptors (Lipinski definition) is 6. The molecule has 0 radical (unpaired) electrons. The van der Waals surface area contributed by atoms with Crippen LogP contribution < -0.4 is 15.6 Å². The lowest BCUT2D eigenvalue weighted by Gasteiger charge is -2.18. The zero-order valence-electron chi connectivity index (χ0n) is 21.4. The first-order valence-corrected chi connectivity index (χ1v) is 12.4. The Morgan fingerprint density at radius 1 is 0.775 bits per heavy atom. The van der Waals surface area contributed by atoms with E-state index in [1.807, 2.05) is 0 Å². The summed E-state index contributed by atoms with van der Waals surface area (Å²) in [6.07, 6.45) is -1.19. The molecule has 4 aromatic carbocycles. The molecule has 0 fully saturated rings. The lowest BCUT2D eigenvalue weighted by Crippen LogP contribution is -2.21. The van der Waals surface area contributed by atoms with Gasteiger partial charge in [-0.25, -0.2) is 4.79 Å². The number of para-hydroxylation sites is 1. The van der Waals surface area contributed by atoms with Gasteiger partial charge in [-0.1, -0.05) is 54.6 Å². The number of ketones is 1. The van der Waals surface area contributed by atoms with Crippen LogP contribution in [0.25, 0.3) is 10.9 Å². The summed E-state index contributed by atoms with van der Waals surface area (Å²) in [5.41, 5.74) is 1.65. The van der Waals surface area contributed by atoms with E-state index < -0.39 is 29.3 Å². The fourth-order valence-electron chi connectivity index (χ4n) is 4.30. The third-order valence-corrected chi connectivity index (χ3v) is 6.29. The molecule has 5 rings (SSSR count). The zero-order valence-corrected chi connectivity index (χ0v) is 21.4. The van der Waals surface area contributed by atoms with Gasteiger partial charge in [-0.15, -0.1) is 0 Å². The topological polar surface area (TPSA) is 115 Å². The number of esters is 1. The molecule has 8 nitrogen and oxygen atoms in total. The fourth-order valence-corrected chi connectivity index (χ4v) is 4.30. The highest BCUT2D eigenvalue weighted by molar-refractivity contribution is 6.12. The van der Waals surface area contributed by atoms with Crippen LogP contribution in [0.5, 0.6) is 5.75 Å². The van der Waals surface area contributed by atoms with E-state index >= 15 is 0 Å². The first-order chi connectivity index (χ1) is 19.4. The van der Waals surface area contributed by atoms with E-state index in [9.17, 15) is 19.2 Å². The Balaban J connectivity index is 1.39. The van der Waals surface area contributed by atoms with Gasteiger partial charge in [-0.2, -0.15) is 0 Å². The number of fused-ring (bicyclic) bond motifs is 1. The molecule has 0 saturated carbocycles. The van der Waals surface area contributed by atoms with Gasteiger partial charge in [0.05, 0.1) is 18.2 Å². The summed E-state index contributed by atoms with van der Waals surface area (Å²) in [5.74, 6) is -1.05. The van der Waals surface area contributed by atoms with Crippen molar-refractivity contribution in [3.8, 4) is 5.75 Å². The quantitative estimate of drug-likeness (QED) is 0.199. The van der Waals surface area contributed by atoms with Gasteiger partial charge in [-0.05, 0) is 48.5 Å². The Labute approximate surface area is 229 Å². The highest BCUT2D eigenvalue weighted by atomic mass is 16.5. The number of aromatic amines is 1. The lowest BCUT2D eigenvalue weighted by atomic mass is 9.99. The maximum absolute atomic E-state index is 13.4. The van der Waals surface area contributed by atoms with Crippen LogP contribution in [0, 0.1) is 0 Å². The van der Waals surface area contributed by atoms with Crippen LogP contribution in [-0.2, 0) is 4.74 Å². The van der Waals surface area contributed by atoms with E-state index in [1.54, 1.807) is 91.0 Å². The Kier molecular flexibility index (Phi) is 7.50. The summed E-state index contributed by atoms with van der Waals surface area (Å²) >= 11 is 0. The number of amides is 1. The van der Waals surface area contributed by atoms with Crippen molar-refractivity contribution in [1.82, 2.24) is 4.98 Å². The number of benzene rings is 4. The number of Topliss-reactive ketones (excluding diaryl/α,β-unsaturated/α-hetero) is 1. The van der Waals surface area contributed by atoms with Gasteiger partial charge in [-0.3, -0.25) is 14.4 Å². The van der Waals surface area contributed by atoms with Crippen LogP contribution in [0.4, 0.5) is 5.69 Å². The van der Waals surface area contributed by atoms with Crippen molar-refractivity contribution in [2.24, 2.45) is 0 Å². The molecule has 0 spiro atoms. The van der Waals surface area contributed by atoms with Gasteiger partial charge in [0.2, 0.25) is 11.3 Å². The van der Waals surface area contributed by atoms with Gasteiger partial charge in [0.25, 0.3) is 5.91 Å². The van der Waals surface area contributed by atoms with Crippen molar-refractivity contribution in [2.75, 3.05) is 12.4 Å². The number of pyridine rings is 1. The number of carbonyl (C=O) groups excluding carboxylic acids is 3. The standard InChI is InChI=1S/C32H24N2O6/c1-39-24-16-14-20(15-17-24)29(36)30(21-8-3-2-4-9-21)40-32(38)22-10-7-11-23(18-22)33-31(37)26-19-28(35)34-27-13-6-5-12-25(26)27/h2-19,30H,1H3,(H,33,37)(H,34,35)/t30-/m0/s1. The highest BCUT2D eigenvalue weighted by Crippen LogP contribution is 2.26. The molecule has 0 saturated heterocycles. The molecule has 198 valence electrons. The second kappa shape index (κ2) is 11.5. The minimum Gasteiger partial charge on any atom is -0.497 e. The number of nitrogens with one attached hydrogen (secondary N) is 2. The summed E-state index contributed by atoms with van der Waals surface area (Å²) in [5, 5.41) is 3.32. The SMILES string of the molecule is COc1ccc(C(=O)[C@@H](OC(=O)c2cccc(NC(=O)c3cc(=O)[nH]c4ccccc34)c2)c2ccccc2)cc1. The molecule has 40 heavy (non-hydrogen) atoms. The van der Waals surface area contributed by atoms with E-state index in [0.717, 1.165) is 0 Å². The van der Waals surface area contributed by atoms with Crippen molar-refractivity contribution in [1.29, 1.82) is 0 Å². The maximum Gasteiger partial charge on any atom is 0.339 e. The summed E-state index contributed by atoms with van der Waals surface area (Å²) in [7, 11) is 1.53. The van der Waals surface area contributed by atoms with E-state index in [-0.39, 0.29) is 11.1 Å². The molecule has 0 unspecified atom stereocenters. The maximum atomic E-state index is 13.4. The molecule has 0 bridgehead atoms. The lowest BCUT2D eigenvalue weighted by molar-refractivity contribution is 0.0280. The number of ether oxygens (including phenoxy) is 2. The van der Waals surface area contributed by atoms with Gasteiger partial charge >= 0.3 is 5.97 Å². The average Bonchev–Trinajstić information content (AvgIpc) is 2.99. The molecule has 1 heterocycles. The number of hydrogen-bond donors (Lipinski definition) is 2. The summed E-state index contributed by atoms with van der Waals surface area (Å²) < 4.78 is 10.9. The number of rotatable bonds is 8. The van der Waals surface area contributed by atoms with E-state index in [1.165, 1.54) is 25.3 Å². The average molecular weight is 533 g/mol. The normalized spacial score (nSPS) is 11.4. The second-order valence-electron chi connectivity index (χ2n) is 8.92. The predicted octanol–water partition coefficient (Wildman–Crippen LogP) is 5.57. The van der Waals surface area contributed by atoms with Gasteiger partial charge in [0.1, 0.15) is 5.75 Å². The third kappa shape index (κ3) is 5.66. The number of methoxy groups -OCH3 is 1. The highest BCUT2D eigenvalue weighted by Gasteiger charge is 2.27.